The van der Waals surface area contributed by atoms with Gasteiger partial charge in [0.15, 0.2) is 0 Å². The molecule has 1 aliphatic rings. The highest BCUT2D eigenvalue weighted by atomic mass is 16.5. The van der Waals surface area contributed by atoms with Gasteiger partial charge < -0.3 is 14.4 Å². The quantitative estimate of drug-likeness (QED) is 0.866. The lowest BCUT2D eigenvalue weighted by Gasteiger charge is -2.34. The summed E-state index contributed by atoms with van der Waals surface area (Å²) in [4.78, 5) is 17.2. The van der Waals surface area contributed by atoms with E-state index >= 15 is 0 Å². The molecule has 1 atom stereocenters. The van der Waals surface area contributed by atoms with E-state index in [0.29, 0.717) is 19.3 Å². The summed E-state index contributed by atoms with van der Waals surface area (Å²) < 4.78 is 7.50. The molecule has 2 heterocycles. The molecule has 0 radical (unpaired) electrons. The number of carboxylic acid groups (broad SMARTS) is 1. The Hall–Kier alpha value is -1.40. The van der Waals surface area contributed by atoms with Crippen LogP contribution >= 0.6 is 0 Å². The van der Waals surface area contributed by atoms with E-state index in [1.165, 1.54) is 0 Å². The second-order valence-corrected chi connectivity index (χ2v) is 5.18. The highest BCUT2D eigenvalue weighted by Gasteiger charge is 2.26. The van der Waals surface area contributed by atoms with Crippen LogP contribution in [0, 0.1) is 0 Å². The van der Waals surface area contributed by atoms with Gasteiger partial charge in [-0.25, -0.2) is 4.98 Å². The molecule has 106 valence electrons. The third kappa shape index (κ3) is 3.54. The number of imidazole rings is 1. The monoisotopic (exact) mass is 267 g/mol. The summed E-state index contributed by atoms with van der Waals surface area (Å²) in [5.41, 5.74) is 1.12. The molecular weight excluding hydrogens is 246 g/mol. The molecule has 1 aliphatic heterocycles. The Labute approximate surface area is 113 Å². The Morgan fingerprint density at radius 2 is 2.42 bits per heavy atom. The summed E-state index contributed by atoms with van der Waals surface area (Å²) in [6.07, 6.45) is 3.80. The van der Waals surface area contributed by atoms with E-state index < -0.39 is 5.97 Å². The van der Waals surface area contributed by atoms with Gasteiger partial charge in [0.1, 0.15) is 0 Å². The lowest BCUT2D eigenvalue weighted by Crippen LogP contribution is -2.46. The molecule has 1 aromatic rings. The lowest BCUT2D eigenvalue weighted by atomic mass is 10.1. The molecule has 1 saturated heterocycles. The first-order valence-electron chi connectivity index (χ1n) is 6.62. The summed E-state index contributed by atoms with van der Waals surface area (Å²) in [6, 6.07) is 0.304. The van der Waals surface area contributed by atoms with Crippen LogP contribution in [0.15, 0.2) is 12.5 Å². The lowest BCUT2D eigenvalue weighted by molar-refractivity contribution is -0.140. The smallest absolute Gasteiger partial charge is 0.305 e. The number of morpholine rings is 1. The molecule has 6 nitrogen and oxygen atoms in total. The van der Waals surface area contributed by atoms with Crippen molar-refractivity contribution in [2.24, 2.45) is 0 Å². The second-order valence-electron chi connectivity index (χ2n) is 5.18. The van der Waals surface area contributed by atoms with Crippen molar-refractivity contribution in [1.29, 1.82) is 0 Å². The van der Waals surface area contributed by atoms with Gasteiger partial charge in [-0.15, -0.1) is 0 Å². The minimum atomic E-state index is -0.780. The maximum absolute atomic E-state index is 10.9. The van der Waals surface area contributed by atoms with Crippen molar-refractivity contribution in [2.45, 2.75) is 38.9 Å². The Morgan fingerprint density at radius 1 is 1.63 bits per heavy atom. The first-order valence-corrected chi connectivity index (χ1v) is 6.62. The van der Waals surface area contributed by atoms with Crippen molar-refractivity contribution < 1.29 is 14.6 Å². The number of carboxylic acids is 1. The molecular formula is C13H21N3O3. The van der Waals surface area contributed by atoms with E-state index in [2.05, 4.69) is 28.3 Å². The average molecular weight is 267 g/mol. The normalized spacial score (nSPS) is 20.9. The SMILES string of the molecule is CC(C)n1cncc1CN1CCOCC1CC(=O)O. The van der Waals surface area contributed by atoms with Gasteiger partial charge in [-0.05, 0) is 13.8 Å². The average Bonchev–Trinajstić information content (AvgIpc) is 2.79. The maximum Gasteiger partial charge on any atom is 0.305 e. The van der Waals surface area contributed by atoms with Gasteiger partial charge in [0, 0.05) is 31.4 Å². The third-order valence-electron chi connectivity index (χ3n) is 3.43. The van der Waals surface area contributed by atoms with Crippen LogP contribution in [0.3, 0.4) is 0 Å². The van der Waals surface area contributed by atoms with Crippen molar-refractivity contribution in [2.75, 3.05) is 19.8 Å². The molecule has 0 spiro atoms. The zero-order chi connectivity index (χ0) is 13.8. The van der Waals surface area contributed by atoms with Crippen LogP contribution in [0.5, 0.6) is 0 Å². The Kier molecular flexibility index (Phi) is 4.55. The van der Waals surface area contributed by atoms with E-state index in [-0.39, 0.29) is 12.5 Å². The predicted octanol–water partition coefficient (Wildman–Crippen LogP) is 1.14. The van der Waals surface area contributed by atoms with Crippen molar-refractivity contribution >= 4 is 5.97 Å². The van der Waals surface area contributed by atoms with Crippen LogP contribution < -0.4 is 0 Å². The molecule has 0 aromatic carbocycles. The van der Waals surface area contributed by atoms with Gasteiger partial charge >= 0.3 is 5.97 Å². The minimum Gasteiger partial charge on any atom is -0.481 e. The van der Waals surface area contributed by atoms with E-state index in [9.17, 15) is 4.79 Å². The Balaban J connectivity index is 2.06. The van der Waals surface area contributed by atoms with Crippen molar-refractivity contribution in [3.8, 4) is 0 Å². The predicted molar refractivity (Wildman–Crippen MR) is 69.9 cm³/mol. The largest absolute Gasteiger partial charge is 0.481 e. The number of aromatic nitrogens is 2. The minimum absolute atomic E-state index is 0.0539. The van der Waals surface area contributed by atoms with Crippen LogP contribution in [-0.2, 0) is 16.1 Å². The summed E-state index contributed by atoms with van der Waals surface area (Å²) >= 11 is 0. The number of ether oxygens (including phenoxy) is 1. The number of hydrogen-bond acceptors (Lipinski definition) is 4. The molecule has 0 saturated carbocycles. The summed E-state index contributed by atoms with van der Waals surface area (Å²) in [5.74, 6) is -0.780. The first-order chi connectivity index (χ1) is 9.08. The van der Waals surface area contributed by atoms with Crippen LogP contribution in [0.2, 0.25) is 0 Å². The molecule has 1 aromatic heterocycles. The number of rotatable bonds is 5. The fourth-order valence-corrected chi connectivity index (χ4v) is 2.41. The van der Waals surface area contributed by atoms with Gasteiger partial charge in [-0.3, -0.25) is 9.69 Å². The van der Waals surface area contributed by atoms with Gasteiger partial charge in [0.25, 0.3) is 0 Å². The molecule has 6 heteroatoms. The highest BCUT2D eigenvalue weighted by Crippen LogP contribution is 2.17. The van der Waals surface area contributed by atoms with Gasteiger partial charge in [-0.1, -0.05) is 0 Å². The highest BCUT2D eigenvalue weighted by molar-refractivity contribution is 5.67. The van der Waals surface area contributed by atoms with E-state index in [4.69, 9.17) is 9.84 Å². The number of nitrogens with zero attached hydrogens (tertiary/aromatic N) is 3. The molecule has 1 N–H and O–H groups in total. The molecule has 1 fully saturated rings. The summed E-state index contributed by atoms with van der Waals surface area (Å²) in [6.45, 7) is 6.85. The molecule has 1 unspecified atom stereocenters. The molecule has 0 aliphatic carbocycles. The standard InChI is InChI=1S/C13H21N3O3/c1-10(2)16-9-14-6-12(16)7-15-3-4-19-8-11(15)5-13(17)18/h6,9-11H,3-5,7-8H2,1-2H3,(H,17,18). The summed E-state index contributed by atoms with van der Waals surface area (Å²) in [7, 11) is 0. The third-order valence-corrected chi connectivity index (χ3v) is 3.43. The van der Waals surface area contributed by atoms with Crippen LogP contribution in [0.25, 0.3) is 0 Å². The number of carbonyl (C=O) groups is 1. The number of aliphatic carboxylic acids is 1. The molecule has 19 heavy (non-hydrogen) atoms. The Bertz CT molecular complexity index is 431. The fourth-order valence-electron chi connectivity index (χ4n) is 2.41. The fraction of sp³-hybridized carbons (Fsp3) is 0.692. The zero-order valence-electron chi connectivity index (χ0n) is 11.5. The van der Waals surface area contributed by atoms with Crippen LogP contribution in [-0.4, -0.2) is 51.3 Å². The number of hydrogen-bond donors (Lipinski definition) is 1. The van der Waals surface area contributed by atoms with Gasteiger partial charge in [0.2, 0.25) is 0 Å². The van der Waals surface area contributed by atoms with Gasteiger partial charge in [0.05, 0.1) is 31.7 Å². The molecule has 2 rings (SSSR count). The summed E-state index contributed by atoms with van der Waals surface area (Å²) in [5, 5.41) is 8.95. The van der Waals surface area contributed by atoms with Crippen LogP contribution in [0.1, 0.15) is 32.0 Å². The maximum atomic E-state index is 10.9. The molecule has 0 amide bonds. The van der Waals surface area contributed by atoms with Crippen molar-refractivity contribution in [1.82, 2.24) is 14.5 Å². The van der Waals surface area contributed by atoms with E-state index in [0.717, 1.165) is 18.8 Å². The second kappa shape index (κ2) is 6.16. The van der Waals surface area contributed by atoms with Gasteiger partial charge in [-0.2, -0.15) is 0 Å². The Morgan fingerprint density at radius 3 is 3.11 bits per heavy atom. The zero-order valence-corrected chi connectivity index (χ0v) is 11.5. The van der Waals surface area contributed by atoms with Crippen LogP contribution in [0.4, 0.5) is 0 Å². The topological polar surface area (TPSA) is 67.6 Å². The van der Waals surface area contributed by atoms with Crippen molar-refractivity contribution in [3.05, 3.63) is 18.2 Å². The first kappa shape index (κ1) is 14.0. The van der Waals surface area contributed by atoms with E-state index in [1.807, 2.05) is 12.5 Å². The molecule has 0 bridgehead atoms. The van der Waals surface area contributed by atoms with E-state index in [1.54, 1.807) is 0 Å². The van der Waals surface area contributed by atoms with Crippen molar-refractivity contribution in [3.63, 3.8) is 0 Å².